The van der Waals surface area contributed by atoms with Crippen LogP contribution in [0, 0.1) is 0 Å². The van der Waals surface area contributed by atoms with E-state index in [0.29, 0.717) is 0 Å². The van der Waals surface area contributed by atoms with Gasteiger partial charge in [0.05, 0.1) is 34.1 Å². The molecule has 0 saturated carbocycles. The van der Waals surface area contributed by atoms with Crippen molar-refractivity contribution in [1.82, 2.24) is 0 Å². The lowest BCUT2D eigenvalue weighted by Crippen LogP contribution is -2.30. The van der Waals surface area contributed by atoms with Crippen molar-refractivity contribution in [2.45, 2.75) is 80.1 Å². The molecule has 0 unspecified atom stereocenters. The molecule has 4 nitrogen and oxygen atoms in total. The Morgan fingerprint density at radius 2 is 0.525 bits per heavy atom. The maximum atomic E-state index is 2.58. The molecule has 0 saturated heterocycles. The first-order valence-corrected chi connectivity index (χ1v) is 16.0. The zero-order chi connectivity index (χ0) is 28.7. The molecule has 0 fully saturated rings. The predicted octanol–water partition coefficient (Wildman–Crippen LogP) is 10.0. The topological polar surface area (TPSA) is 13.0 Å². The molecule has 0 aliphatic carbocycles. The van der Waals surface area contributed by atoms with E-state index in [1.165, 1.54) is 34.1 Å². The molecule has 0 N–H and O–H groups in total. The minimum atomic E-state index is 1.05. The Hall–Kier alpha value is -3.14. The van der Waals surface area contributed by atoms with Crippen molar-refractivity contribution in [2.75, 3.05) is 58.9 Å². The van der Waals surface area contributed by atoms with Crippen LogP contribution in [0.1, 0.15) is 80.1 Å². The second kappa shape index (κ2) is 16.8. The zero-order valence-electron chi connectivity index (χ0n) is 26.2. The molecule has 0 amide bonds. The van der Waals surface area contributed by atoms with Gasteiger partial charge in [-0.05, 0) is 74.9 Å². The third-order valence-electron chi connectivity index (χ3n) is 7.35. The van der Waals surface area contributed by atoms with Crippen LogP contribution >= 0.6 is 0 Å². The van der Waals surface area contributed by atoms with E-state index in [-0.39, 0.29) is 0 Å². The summed E-state index contributed by atoms with van der Waals surface area (Å²) in [5.41, 5.74) is 7.70. The lowest BCUT2D eigenvalue weighted by atomic mass is 10.1. The first kappa shape index (κ1) is 31.4. The van der Waals surface area contributed by atoms with Crippen LogP contribution in [0.4, 0.5) is 34.1 Å². The van der Waals surface area contributed by atoms with Gasteiger partial charge < -0.3 is 19.6 Å². The van der Waals surface area contributed by atoms with Gasteiger partial charge in [-0.2, -0.15) is 0 Å². The minimum Gasteiger partial charge on any atom is -0.370 e. The second-order valence-corrected chi connectivity index (χ2v) is 10.8. The van der Waals surface area contributed by atoms with E-state index >= 15 is 0 Å². The highest BCUT2D eigenvalue weighted by Crippen LogP contribution is 2.47. The van der Waals surface area contributed by atoms with E-state index in [9.17, 15) is 0 Å². The Kier molecular flexibility index (Phi) is 13.2. The van der Waals surface area contributed by atoms with Gasteiger partial charge in [0.25, 0.3) is 0 Å². The number of para-hydroxylation sites is 6. The van der Waals surface area contributed by atoms with Crippen LogP contribution in [0.5, 0.6) is 0 Å². The molecule has 0 aromatic heterocycles. The molecule has 0 aliphatic heterocycles. The fourth-order valence-corrected chi connectivity index (χ4v) is 5.83. The second-order valence-electron chi connectivity index (χ2n) is 10.8. The van der Waals surface area contributed by atoms with Crippen molar-refractivity contribution in [2.24, 2.45) is 0 Å². The highest BCUT2D eigenvalue weighted by atomic mass is 15.3. The van der Waals surface area contributed by atoms with Crippen molar-refractivity contribution >= 4 is 34.1 Å². The van der Waals surface area contributed by atoms with E-state index in [0.717, 1.165) is 77.8 Å². The van der Waals surface area contributed by atoms with Crippen LogP contribution < -0.4 is 19.6 Å². The molecule has 218 valence electrons. The van der Waals surface area contributed by atoms with Gasteiger partial charge in [-0.15, -0.1) is 0 Å². The molecule has 3 aromatic carbocycles. The van der Waals surface area contributed by atoms with Crippen LogP contribution in [0.25, 0.3) is 0 Å². The van der Waals surface area contributed by atoms with Gasteiger partial charge in [-0.1, -0.05) is 77.9 Å². The predicted molar refractivity (Wildman–Crippen MR) is 180 cm³/mol. The largest absolute Gasteiger partial charge is 0.370 e. The van der Waals surface area contributed by atoms with Crippen molar-refractivity contribution < 1.29 is 0 Å². The molecule has 0 spiro atoms. The molecule has 4 heteroatoms. The van der Waals surface area contributed by atoms with Gasteiger partial charge in [-0.25, -0.2) is 0 Å². The maximum absolute atomic E-state index is 2.58. The van der Waals surface area contributed by atoms with Crippen LogP contribution in [-0.4, -0.2) is 39.3 Å². The molecule has 0 aliphatic rings. The standard InChI is InChI=1S/C36H54N4/c1-7-25-37(26-8-2)31-19-13-16-22-34(31)40(35-23-17-14-20-32(35)38(27-9-3)28-10-4)36-24-18-15-21-33(36)39(29-11-5)30-12-6/h13-24H,7-12,25-30H2,1-6H3. The lowest BCUT2D eigenvalue weighted by Gasteiger charge is -2.38. The van der Waals surface area contributed by atoms with E-state index in [1.807, 2.05) is 0 Å². The summed E-state index contributed by atoms with van der Waals surface area (Å²) in [6.07, 6.45) is 6.77. The molecule has 0 atom stereocenters. The Morgan fingerprint density at radius 1 is 0.325 bits per heavy atom. The van der Waals surface area contributed by atoms with E-state index in [1.54, 1.807) is 0 Å². The monoisotopic (exact) mass is 542 g/mol. The minimum absolute atomic E-state index is 1.05. The maximum Gasteiger partial charge on any atom is 0.0697 e. The Labute approximate surface area is 245 Å². The number of rotatable bonds is 18. The highest BCUT2D eigenvalue weighted by molar-refractivity contribution is 5.94. The summed E-state index contributed by atoms with van der Waals surface area (Å²) in [5, 5.41) is 0. The van der Waals surface area contributed by atoms with Crippen LogP contribution in [0.15, 0.2) is 72.8 Å². The van der Waals surface area contributed by atoms with Gasteiger partial charge in [0.15, 0.2) is 0 Å². The quantitative estimate of drug-likeness (QED) is 0.158. The Morgan fingerprint density at radius 3 is 0.725 bits per heavy atom. The SMILES string of the molecule is CCCN(CCC)c1ccccc1N(c1ccccc1N(CCC)CCC)c1ccccc1N(CCC)CCC. The third-order valence-corrected chi connectivity index (χ3v) is 7.35. The molecule has 0 heterocycles. The van der Waals surface area contributed by atoms with Gasteiger partial charge in [-0.3, -0.25) is 0 Å². The Balaban J connectivity index is 2.36. The normalized spacial score (nSPS) is 10.9. The number of hydrogen-bond acceptors (Lipinski definition) is 4. The summed E-state index contributed by atoms with van der Waals surface area (Å²) in [6, 6.07) is 27.2. The molecular formula is C36H54N4. The van der Waals surface area contributed by atoms with Crippen molar-refractivity contribution in [3.8, 4) is 0 Å². The highest BCUT2D eigenvalue weighted by Gasteiger charge is 2.25. The van der Waals surface area contributed by atoms with E-state index < -0.39 is 0 Å². The molecule has 3 aromatic rings. The number of benzene rings is 3. The van der Waals surface area contributed by atoms with Crippen molar-refractivity contribution in [1.29, 1.82) is 0 Å². The van der Waals surface area contributed by atoms with Gasteiger partial charge >= 0.3 is 0 Å². The molecule has 3 rings (SSSR count). The zero-order valence-corrected chi connectivity index (χ0v) is 26.2. The average Bonchev–Trinajstić information content (AvgIpc) is 2.98. The van der Waals surface area contributed by atoms with Crippen LogP contribution in [0.3, 0.4) is 0 Å². The fraction of sp³-hybridized carbons (Fsp3) is 0.500. The first-order valence-electron chi connectivity index (χ1n) is 16.0. The van der Waals surface area contributed by atoms with Crippen LogP contribution in [0.2, 0.25) is 0 Å². The first-order chi connectivity index (χ1) is 19.6. The summed E-state index contributed by atoms with van der Waals surface area (Å²) >= 11 is 0. The summed E-state index contributed by atoms with van der Waals surface area (Å²) in [7, 11) is 0. The summed E-state index contributed by atoms with van der Waals surface area (Å²) in [5.74, 6) is 0. The van der Waals surface area contributed by atoms with Crippen molar-refractivity contribution in [3.05, 3.63) is 72.8 Å². The van der Waals surface area contributed by atoms with Gasteiger partial charge in [0.1, 0.15) is 0 Å². The van der Waals surface area contributed by atoms with Gasteiger partial charge in [0, 0.05) is 39.3 Å². The average molecular weight is 543 g/mol. The fourth-order valence-electron chi connectivity index (χ4n) is 5.83. The molecule has 0 bridgehead atoms. The van der Waals surface area contributed by atoms with Gasteiger partial charge in [0.2, 0.25) is 0 Å². The molecular weight excluding hydrogens is 488 g/mol. The van der Waals surface area contributed by atoms with Crippen LogP contribution in [-0.2, 0) is 0 Å². The Bertz CT molecular complexity index is 968. The number of anilines is 6. The molecule has 40 heavy (non-hydrogen) atoms. The lowest BCUT2D eigenvalue weighted by molar-refractivity contribution is 0.740. The number of hydrogen-bond donors (Lipinski definition) is 0. The number of nitrogens with zero attached hydrogens (tertiary/aromatic N) is 4. The van der Waals surface area contributed by atoms with E-state index in [4.69, 9.17) is 0 Å². The summed E-state index contributed by atoms with van der Waals surface area (Å²) in [6.45, 7) is 20.0. The molecule has 0 radical (unpaired) electrons. The summed E-state index contributed by atoms with van der Waals surface area (Å²) < 4.78 is 0. The third kappa shape index (κ3) is 7.74. The smallest absolute Gasteiger partial charge is 0.0697 e. The van der Waals surface area contributed by atoms with E-state index in [2.05, 4.69) is 134 Å². The summed E-state index contributed by atoms with van der Waals surface area (Å²) in [4.78, 5) is 10.3. The van der Waals surface area contributed by atoms with Crippen molar-refractivity contribution in [3.63, 3.8) is 0 Å².